The van der Waals surface area contributed by atoms with Crippen LogP contribution in [0.5, 0.6) is 5.75 Å². The van der Waals surface area contributed by atoms with Crippen molar-refractivity contribution in [3.05, 3.63) is 29.8 Å². The molecule has 1 aromatic rings. The first-order valence-electron chi connectivity index (χ1n) is 6.65. The van der Waals surface area contributed by atoms with Gasteiger partial charge in [-0.1, -0.05) is 0 Å². The topological polar surface area (TPSA) is 56.5 Å². The number of aliphatic hydroxyl groups is 1. The zero-order chi connectivity index (χ0) is 14.1. The summed E-state index contributed by atoms with van der Waals surface area (Å²) in [5.41, 5.74) is 0.638. The maximum atomic E-state index is 8.87. The number of nitriles is 1. The second-order valence-corrected chi connectivity index (χ2v) is 4.69. The number of aliphatic hydroxyl groups excluding tert-OH is 1. The largest absolute Gasteiger partial charge is 0.492 e. The fraction of sp³-hybridized carbons (Fsp3) is 0.533. The number of hydrogen-bond donors (Lipinski definition) is 1. The Labute approximate surface area is 115 Å². The van der Waals surface area contributed by atoms with Crippen LogP contribution in [0.25, 0.3) is 0 Å². The van der Waals surface area contributed by atoms with Gasteiger partial charge in [-0.3, -0.25) is 4.90 Å². The summed E-state index contributed by atoms with van der Waals surface area (Å²) in [7, 11) is 0. The molecule has 0 aliphatic carbocycles. The molecule has 1 rings (SSSR count). The van der Waals surface area contributed by atoms with Crippen LogP contribution in [0.15, 0.2) is 24.3 Å². The minimum atomic E-state index is 0.222. The van der Waals surface area contributed by atoms with Gasteiger partial charge in [0.15, 0.2) is 0 Å². The Hall–Kier alpha value is -1.57. The molecule has 104 valence electrons. The first-order chi connectivity index (χ1) is 9.17. The summed E-state index contributed by atoms with van der Waals surface area (Å²) >= 11 is 0. The highest BCUT2D eigenvalue weighted by Crippen LogP contribution is 2.11. The van der Waals surface area contributed by atoms with Crippen LogP contribution >= 0.6 is 0 Å². The lowest BCUT2D eigenvalue weighted by atomic mass is 10.2. The molecule has 0 aliphatic rings. The van der Waals surface area contributed by atoms with Gasteiger partial charge in [-0.05, 0) is 44.5 Å². The van der Waals surface area contributed by atoms with Crippen LogP contribution in [0.4, 0.5) is 0 Å². The van der Waals surface area contributed by atoms with Gasteiger partial charge in [0, 0.05) is 25.7 Å². The van der Waals surface area contributed by atoms with Crippen LogP contribution in [-0.4, -0.2) is 42.4 Å². The minimum absolute atomic E-state index is 0.222. The van der Waals surface area contributed by atoms with Crippen molar-refractivity contribution in [3.8, 4) is 11.8 Å². The smallest absolute Gasteiger partial charge is 0.119 e. The summed E-state index contributed by atoms with van der Waals surface area (Å²) in [4.78, 5) is 2.28. The molecular formula is C15H22N2O2. The van der Waals surface area contributed by atoms with E-state index < -0.39 is 0 Å². The lowest BCUT2D eigenvalue weighted by Gasteiger charge is -2.26. The summed E-state index contributed by atoms with van der Waals surface area (Å²) in [5.74, 6) is 0.782. The molecule has 0 amide bonds. The van der Waals surface area contributed by atoms with Gasteiger partial charge in [0.05, 0.1) is 11.6 Å². The summed E-state index contributed by atoms with van der Waals surface area (Å²) < 4.78 is 5.65. The molecule has 0 fully saturated rings. The van der Waals surface area contributed by atoms with Crippen molar-refractivity contribution < 1.29 is 9.84 Å². The Bertz CT molecular complexity index is 396. The molecule has 0 saturated heterocycles. The predicted octanol–water partition coefficient (Wildman–Crippen LogP) is 2.03. The van der Waals surface area contributed by atoms with Gasteiger partial charge in [0.1, 0.15) is 12.4 Å². The molecule has 0 saturated carbocycles. The molecule has 19 heavy (non-hydrogen) atoms. The Balaban J connectivity index is 2.36. The van der Waals surface area contributed by atoms with E-state index in [1.165, 1.54) is 0 Å². The van der Waals surface area contributed by atoms with Gasteiger partial charge in [-0.25, -0.2) is 0 Å². The van der Waals surface area contributed by atoms with E-state index in [1.54, 1.807) is 12.1 Å². The fourth-order valence-electron chi connectivity index (χ4n) is 1.81. The van der Waals surface area contributed by atoms with E-state index >= 15 is 0 Å². The molecule has 0 bridgehead atoms. The molecule has 1 N–H and O–H groups in total. The second-order valence-electron chi connectivity index (χ2n) is 4.69. The van der Waals surface area contributed by atoms with Crippen LogP contribution in [0.2, 0.25) is 0 Å². The molecule has 4 nitrogen and oxygen atoms in total. The highest BCUT2D eigenvalue weighted by atomic mass is 16.5. The van der Waals surface area contributed by atoms with E-state index in [9.17, 15) is 0 Å². The zero-order valence-corrected chi connectivity index (χ0v) is 11.7. The normalized spacial score (nSPS) is 10.7. The SMILES string of the molecule is CC(C)N(CCCO)CCOc1ccc(C#N)cc1. The van der Waals surface area contributed by atoms with E-state index in [2.05, 4.69) is 24.8 Å². The summed E-state index contributed by atoms with van der Waals surface area (Å²) in [6.45, 7) is 6.82. The van der Waals surface area contributed by atoms with Crippen molar-refractivity contribution in [2.75, 3.05) is 26.3 Å². The van der Waals surface area contributed by atoms with E-state index in [0.717, 1.165) is 25.3 Å². The molecule has 0 spiro atoms. The van der Waals surface area contributed by atoms with Gasteiger partial charge in [-0.15, -0.1) is 0 Å². The highest BCUT2D eigenvalue weighted by molar-refractivity contribution is 5.34. The molecule has 1 aromatic carbocycles. The number of ether oxygens (including phenoxy) is 1. The Kier molecular flexibility index (Phi) is 6.94. The Morgan fingerprint density at radius 3 is 2.47 bits per heavy atom. The van der Waals surface area contributed by atoms with Gasteiger partial charge >= 0.3 is 0 Å². The van der Waals surface area contributed by atoms with Crippen molar-refractivity contribution in [2.45, 2.75) is 26.3 Å². The third kappa shape index (κ3) is 5.73. The zero-order valence-electron chi connectivity index (χ0n) is 11.7. The molecule has 0 radical (unpaired) electrons. The molecule has 0 atom stereocenters. The quantitative estimate of drug-likeness (QED) is 0.779. The predicted molar refractivity (Wildman–Crippen MR) is 75.1 cm³/mol. The van der Waals surface area contributed by atoms with Crippen LogP contribution in [0.1, 0.15) is 25.8 Å². The molecule has 4 heteroatoms. The highest BCUT2D eigenvalue weighted by Gasteiger charge is 2.08. The lowest BCUT2D eigenvalue weighted by molar-refractivity contribution is 0.160. The minimum Gasteiger partial charge on any atom is -0.492 e. The van der Waals surface area contributed by atoms with Crippen LogP contribution in [0.3, 0.4) is 0 Å². The van der Waals surface area contributed by atoms with Gasteiger partial charge < -0.3 is 9.84 Å². The average Bonchev–Trinajstić information content (AvgIpc) is 2.43. The monoisotopic (exact) mass is 262 g/mol. The Morgan fingerprint density at radius 1 is 1.26 bits per heavy atom. The molecule has 0 aliphatic heterocycles. The third-order valence-corrected chi connectivity index (χ3v) is 2.96. The van der Waals surface area contributed by atoms with Gasteiger partial charge in [0.2, 0.25) is 0 Å². The lowest BCUT2D eigenvalue weighted by Crippen LogP contribution is -2.35. The molecule has 0 aromatic heterocycles. The van der Waals surface area contributed by atoms with Crippen molar-refractivity contribution in [1.82, 2.24) is 4.90 Å². The first-order valence-corrected chi connectivity index (χ1v) is 6.65. The van der Waals surface area contributed by atoms with Crippen molar-refractivity contribution in [2.24, 2.45) is 0 Å². The van der Waals surface area contributed by atoms with Crippen molar-refractivity contribution >= 4 is 0 Å². The van der Waals surface area contributed by atoms with E-state index in [4.69, 9.17) is 15.1 Å². The van der Waals surface area contributed by atoms with Gasteiger partial charge in [0.25, 0.3) is 0 Å². The maximum absolute atomic E-state index is 8.87. The average molecular weight is 262 g/mol. The van der Waals surface area contributed by atoms with E-state index in [-0.39, 0.29) is 6.61 Å². The molecule has 0 unspecified atom stereocenters. The van der Waals surface area contributed by atoms with E-state index in [1.807, 2.05) is 12.1 Å². The number of benzene rings is 1. The molecular weight excluding hydrogens is 240 g/mol. The second kappa shape index (κ2) is 8.52. The third-order valence-electron chi connectivity index (χ3n) is 2.96. The van der Waals surface area contributed by atoms with Crippen molar-refractivity contribution in [3.63, 3.8) is 0 Å². The van der Waals surface area contributed by atoms with E-state index in [0.29, 0.717) is 18.2 Å². The summed E-state index contributed by atoms with van der Waals surface area (Å²) in [6, 6.07) is 9.65. The van der Waals surface area contributed by atoms with Crippen LogP contribution in [-0.2, 0) is 0 Å². The Morgan fingerprint density at radius 2 is 1.95 bits per heavy atom. The number of hydrogen-bond acceptors (Lipinski definition) is 4. The first kappa shape index (κ1) is 15.5. The maximum Gasteiger partial charge on any atom is 0.119 e. The number of nitrogens with zero attached hydrogens (tertiary/aromatic N) is 2. The van der Waals surface area contributed by atoms with Crippen LogP contribution in [0, 0.1) is 11.3 Å². The molecule has 0 heterocycles. The van der Waals surface area contributed by atoms with Crippen LogP contribution < -0.4 is 4.74 Å². The standard InChI is InChI=1S/C15H22N2O2/c1-13(2)17(8-3-10-18)9-11-19-15-6-4-14(12-16)5-7-15/h4-7,13,18H,3,8-11H2,1-2H3. The summed E-state index contributed by atoms with van der Waals surface area (Å²) in [5, 5.41) is 17.6. The number of rotatable bonds is 8. The summed E-state index contributed by atoms with van der Waals surface area (Å²) in [6.07, 6.45) is 0.787. The fourth-order valence-corrected chi connectivity index (χ4v) is 1.81. The van der Waals surface area contributed by atoms with Crippen molar-refractivity contribution in [1.29, 1.82) is 5.26 Å². The van der Waals surface area contributed by atoms with Gasteiger partial charge in [-0.2, -0.15) is 5.26 Å².